The predicted octanol–water partition coefficient (Wildman–Crippen LogP) is 5.25. The van der Waals surface area contributed by atoms with Crippen molar-refractivity contribution in [2.24, 2.45) is 4.99 Å². The van der Waals surface area contributed by atoms with Gasteiger partial charge in [-0.3, -0.25) is 9.79 Å². The van der Waals surface area contributed by atoms with Crippen molar-refractivity contribution in [2.75, 3.05) is 31.1 Å². The summed E-state index contributed by atoms with van der Waals surface area (Å²) in [6.45, 7) is 7.71. The third-order valence-electron chi connectivity index (χ3n) is 5.23. The highest BCUT2D eigenvalue weighted by atomic mass is 35.5. The van der Waals surface area contributed by atoms with E-state index in [4.69, 9.17) is 27.7 Å². The van der Waals surface area contributed by atoms with Crippen LogP contribution in [-0.2, 0) is 0 Å². The largest absolute Gasteiger partial charge is 0.367 e. The van der Waals surface area contributed by atoms with E-state index < -0.39 is 0 Å². The minimum Gasteiger partial charge on any atom is -0.367 e. The van der Waals surface area contributed by atoms with Gasteiger partial charge in [-0.05, 0) is 37.9 Å². The number of piperazine rings is 1. The molecule has 2 aromatic carbocycles. The zero-order valence-corrected chi connectivity index (χ0v) is 18.0. The van der Waals surface area contributed by atoms with Crippen LogP contribution in [-0.4, -0.2) is 48.9 Å². The van der Waals surface area contributed by atoms with Gasteiger partial charge in [0.25, 0.3) is 5.91 Å². The van der Waals surface area contributed by atoms with Crippen LogP contribution in [0.2, 0.25) is 10.0 Å². The standard InChI is InChI=1S/C22H20Cl2N4O2/c1-14-20(21(26-30-14)16-5-3-4-6-17(16)23)22(29)28-11-9-27(10-12-28)19-8-7-15(25-2)13-18(19)24/h3-8,13H,2,9-12H2,1H3. The molecular formula is C22H20Cl2N4O2. The van der Waals surface area contributed by atoms with Crippen molar-refractivity contribution >= 4 is 47.2 Å². The summed E-state index contributed by atoms with van der Waals surface area (Å²) in [5.41, 5.74) is 3.26. The van der Waals surface area contributed by atoms with Crippen LogP contribution in [0.3, 0.4) is 0 Å². The number of hydrogen-bond acceptors (Lipinski definition) is 5. The molecule has 1 aliphatic heterocycles. The highest BCUT2D eigenvalue weighted by Gasteiger charge is 2.29. The number of rotatable bonds is 4. The fourth-order valence-corrected chi connectivity index (χ4v) is 4.14. The van der Waals surface area contributed by atoms with E-state index in [9.17, 15) is 4.79 Å². The summed E-state index contributed by atoms with van der Waals surface area (Å²) in [4.78, 5) is 21.2. The van der Waals surface area contributed by atoms with Gasteiger partial charge < -0.3 is 14.3 Å². The Morgan fingerprint density at radius 1 is 1.10 bits per heavy atom. The summed E-state index contributed by atoms with van der Waals surface area (Å²) in [6.07, 6.45) is 0. The second-order valence-electron chi connectivity index (χ2n) is 7.02. The quantitative estimate of drug-likeness (QED) is 0.517. The van der Waals surface area contributed by atoms with Gasteiger partial charge in [0.05, 0.1) is 21.4 Å². The van der Waals surface area contributed by atoms with Crippen LogP contribution in [0.1, 0.15) is 16.1 Å². The molecule has 3 aromatic rings. The Kier molecular flexibility index (Phi) is 5.79. The van der Waals surface area contributed by atoms with Gasteiger partial charge in [0, 0.05) is 31.7 Å². The lowest BCUT2D eigenvalue weighted by molar-refractivity contribution is 0.0745. The van der Waals surface area contributed by atoms with Crippen molar-refractivity contribution in [3.63, 3.8) is 0 Å². The third kappa shape index (κ3) is 3.80. The number of aliphatic imine (C=N–C) groups is 1. The van der Waals surface area contributed by atoms with E-state index in [1.807, 2.05) is 35.2 Å². The molecule has 1 fully saturated rings. The minimum atomic E-state index is -0.111. The molecule has 1 saturated heterocycles. The first-order valence-corrected chi connectivity index (χ1v) is 10.3. The number of hydrogen-bond donors (Lipinski definition) is 0. The van der Waals surface area contributed by atoms with E-state index in [0.717, 1.165) is 11.4 Å². The van der Waals surface area contributed by atoms with Gasteiger partial charge in [0.2, 0.25) is 0 Å². The smallest absolute Gasteiger partial charge is 0.259 e. The van der Waals surface area contributed by atoms with E-state index in [1.165, 1.54) is 0 Å². The average molecular weight is 443 g/mol. The van der Waals surface area contributed by atoms with Crippen molar-refractivity contribution in [1.82, 2.24) is 10.1 Å². The maximum Gasteiger partial charge on any atom is 0.259 e. The van der Waals surface area contributed by atoms with Crippen molar-refractivity contribution in [3.05, 3.63) is 63.8 Å². The van der Waals surface area contributed by atoms with Crippen LogP contribution in [0, 0.1) is 6.92 Å². The highest BCUT2D eigenvalue weighted by molar-refractivity contribution is 6.34. The second-order valence-corrected chi connectivity index (χ2v) is 7.83. The molecule has 0 atom stereocenters. The normalized spacial score (nSPS) is 14.1. The number of carbonyl (C=O) groups excluding carboxylic acids is 1. The number of aromatic nitrogens is 1. The van der Waals surface area contributed by atoms with Gasteiger partial charge in [-0.1, -0.05) is 46.6 Å². The van der Waals surface area contributed by atoms with E-state index in [2.05, 4.69) is 21.8 Å². The Morgan fingerprint density at radius 2 is 1.83 bits per heavy atom. The molecule has 0 bridgehead atoms. The lowest BCUT2D eigenvalue weighted by atomic mass is 10.0. The molecule has 0 saturated carbocycles. The molecule has 0 N–H and O–H groups in total. The van der Waals surface area contributed by atoms with Gasteiger partial charge >= 0.3 is 0 Å². The topological polar surface area (TPSA) is 61.9 Å². The number of nitrogens with zero attached hydrogens (tertiary/aromatic N) is 4. The summed E-state index contributed by atoms with van der Waals surface area (Å²) in [5, 5.41) is 5.25. The van der Waals surface area contributed by atoms with Gasteiger partial charge in [-0.15, -0.1) is 0 Å². The van der Waals surface area contributed by atoms with E-state index in [1.54, 1.807) is 19.1 Å². The maximum atomic E-state index is 13.3. The molecule has 8 heteroatoms. The maximum absolute atomic E-state index is 13.3. The Bertz CT molecular complexity index is 1100. The molecule has 4 rings (SSSR count). The molecule has 1 amide bonds. The van der Waals surface area contributed by atoms with Crippen LogP contribution >= 0.6 is 23.2 Å². The number of halogens is 2. The Labute approximate surface area is 184 Å². The third-order valence-corrected chi connectivity index (χ3v) is 5.86. The fourth-order valence-electron chi connectivity index (χ4n) is 3.62. The van der Waals surface area contributed by atoms with E-state index in [0.29, 0.717) is 58.8 Å². The summed E-state index contributed by atoms with van der Waals surface area (Å²) in [7, 11) is 0. The van der Waals surface area contributed by atoms with Crippen LogP contribution in [0.25, 0.3) is 11.3 Å². The SMILES string of the molecule is C=Nc1ccc(N2CCN(C(=O)c3c(-c4ccccc4Cl)noc3C)CC2)c(Cl)c1. The van der Waals surface area contributed by atoms with Gasteiger partial charge in [-0.2, -0.15) is 0 Å². The average Bonchev–Trinajstić information content (AvgIpc) is 3.14. The fraction of sp³-hybridized carbons (Fsp3) is 0.227. The van der Waals surface area contributed by atoms with Gasteiger partial charge in [-0.25, -0.2) is 0 Å². The zero-order valence-electron chi connectivity index (χ0n) is 16.4. The van der Waals surface area contributed by atoms with E-state index in [-0.39, 0.29) is 5.91 Å². The first-order chi connectivity index (χ1) is 14.5. The Balaban J connectivity index is 1.53. The molecule has 0 radical (unpaired) electrons. The van der Waals surface area contributed by atoms with Gasteiger partial charge in [0.1, 0.15) is 17.0 Å². The van der Waals surface area contributed by atoms with Crippen LogP contribution in [0.4, 0.5) is 11.4 Å². The van der Waals surface area contributed by atoms with Crippen molar-refractivity contribution < 1.29 is 9.32 Å². The Hall–Kier alpha value is -2.83. The summed E-state index contributed by atoms with van der Waals surface area (Å²) < 4.78 is 5.35. The first-order valence-electron chi connectivity index (χ1n) is 9.51. The van der Waals surface area contributed by atoms with Crippen LogP contribution < -0.4 is 4.90 Å². The summed E-state index contributed by atoms with van der Waals surface area (Å²) in [6, 6.07) is 12.9. The minimum absolute atomic E-state index is 0.111. The van der Waals surface area contributed by atoms with Crippen LogP contribution in [0.15, 0.2) is 52.0 Å². The lowest BCUT2D eigenvalue weighted by Crippen LogP contribution is -2.49. The zero-order chi connectivity index (χ0) is 21.3. The monoisotopic (exact) mass is 442 g/mol. The molecule has 0 spiro atoms. The molecule has 1 aliphatic rings. The molecule has 1 aromatic heterocycles. The number of benzene rings is 2. The highest BCUT2D eigenvalue weighted by Crippen LogP contribution is 2.33. The first kappa shape index (κ1) is 20.4. The number of aryl methyl sites for hydroxylation is 1. The number of anilines is 1. The number of carbonyl (C=O) groups is 1. The van der Waals surface area contributed by atoms with Gasteiger partial charge in [0.15, 0.2) is 0 Å². The molecule has 0 unspecified atom stereocenters. The molecule has 0 aliphatic carbocycles. The Morgan fingerprint density at radius 3 is 2.50 bits per heavy atom. The second kappa shape index (κ2) is 8.50. The van der Waals surface area contributed by atoms with E-state index >= 15 is 0 Å². The summed E-state index contributed by atoms with van der Waals surface area (Å²) in [5.74, 6) is 0.369. The van der Waals surface area contributed by atoms with Crippen molar-refractivity contribution in [1.29, 1.82) is 0 Å². The van der Waals surface area contributed by atoms with Crippen molar-refractivity contribution in [3.8, 4) is 11.3 Å². The molecule has 2 heterocycles. The number of amides is 1. The molecule has 6 nitrogen and oxygen atoms in total. The molecule has 30 heavy (non-hydrogen) atoms. The molecular weight excluding hydrogens is 423 g/mol. The van der Waals surface area contributed by atoms with Crippen LogP contribution in [0.5, 0.6) is 0 Å². The molecule has 154 valence electrons. The predicted molar refractivity (Wildman–Crippen MR) is 120 cm³/mol. The lowest BCUT2D eigenvalue weighted by Gasteiger charge is -2.36. The summed E-state index contributed by atoms with van der Waals surface area (Å²) >= 11 is 12.7. The van der Waals surface area contributed by atoms with Crippen molar-refractivity contribution in [2.45, 2.75) is 6.92 Å².